The van der Waals surface area contributed by atoms with E-state index in [0.717, 1.165) is 60.7 Å². The molecule has 37 heavy (non-hydrogen) atoms. The Kier molecular flexibility index (Phi) is 7.28. The van der Waals surface area contributed by atoms with E-state index in [1.807, 2.05) is 24.3 Å². The Balaban J connectivity index is 1.12. The van der Waals surface area contributed by atoms with E-state index in [2.05, 4.69) is 41.2 Å². The number of morpholine rings is 1. The zero-order valence-corrected chi connectivity index (χ0v) is 21.3. The van der Waals surface area contributed by atoms with Gasteiger partial charge >= 0.3 is 0 Å². The van der Waals surface area contributed by atoms with Crippen LogP contribution in [0.15, 0.2) is 48.6 Å². The summed E-state index contributed by atoms with van der Waals surface area (Å²) in [7, 11) is 0. The number of aryl methyl sites for hydroxylation is 1. The van der Waals surface area contributed by atoms with Gasteiger partial charge in [0.1, 0.15) is 0 Å². The number of anilines is 2. The van der Waals surface area contributed by atoms with Crippen LogP contribution in [-0.4, -0.2) is 61.4 Å². The second kappa shape index (κ2) is 10.8. The van der Waals surface area contributed by atoms with Crippen LogP contribution in [0.2, 0.25) is 0 Å². The first-order valence-corrected chi connectivity index (χ1v) is 12.9. The second-order valence-corrected chi connectivity index (χ2v) is 10.1. The number of nitrogens with zero attached hydrogens (tertiary/aromatic N) is 2. The molecular formula is C29H34N4O4. The number of allylic oxidation sites excluding steroid dienone is 1. The molecule has 194 valence electrons. The Labute approximate surface area is 217 Å². The first-order valence-electron chi connectivity index (χ1n) is 12.9. The van der Waals surface area contributed by atoms with E-state index in [1.165, 1.54) is 5.69 Å². The van der Waals surface area contributed by atoms with E-state index in [0.29, 0.717) is 31.5 Å². The minimum atomic E-state index is -0.369. The number of carbonyl (C=O) groups is 3. The second-order valence-electron chi connectivity index (χ2n) is 10.1. The molecule has 1 aliphatic carbocycles. The predicted octanol–water partition coefficient (Wildman–Crippen LogP) is 3.19. The van der Waals surface area contributed by atoms with Crippen LogP contribution in [0.3, 0.4) is 0 Å². The number of benzene rings is 2. The van der Waals surface area contributed by atoms with Gasteiger partial charge < -0.3 is 25.2 Å². The number of nitrogens with one attached hydrogen (secondary N) is 2. The van der Waals surface area contributed by atoms with Crippen LogP contribution in [0.5, 0.6) is 0 Å². The van der Waals surface area contributed by atoms with Crippen molar-refractivity contribution in [1.82, 2.24) is 10.2 Å². The highest BCUT2D eigenvalue weighted by atomic mass is 16.5. The van der Waals surface area contributed by atoms with Gasteiger partial charge in [-0.1, -0.05) is 24.3 Å². The summed E-state index contributed by atoms with van der Waals surface area (Å²) in [4.78, 5) is 41.9. The molecule has 1 saturated carbocycles. The maximum absolute atomic E-state index is 12.9. The SMILES string of the molecule is C=C1CCC(N2Cc3cc(CNC(=O)CNc4ccc(N5CCOCC5)c(C)c4)ccc3C2=O)C(=O)C1. The zero-order valence-electron chi connectivity index (χ0n) is 21.3. The third-order valence-electron chi connectivity index (χ3n) is 7.44. The Morgan fingerprint density at radius 3 is 2.70 bits per heavy atom. The maximum atomic E-state index is 12.9. The maximum Gasteiger partial charge on any atom is 0.255 e. The van der Waals surface area contributed by atoms with E-state index in [-0.39, 0.29) is 30.2 Å². The van der Waals surface area contributed by atoms with E-state index in [9.17, 15) is 14.4 Å². The summed E-state index contributed by atoms with van der Waals surface area (Å²) < 4.78 is 5.44. The molecule has 0 radical (unpaired) electrons. The number of carbonyl (C=O) groups excluding carboxylic acids is 3. The summed E-state index contributed by atoms with van der Waals surface area (Å²) in [5.41, 5.74) is 6.68. The third kappa shape index (κ3) is 5.54. The molecule has 8 heteroatoms. The minimum Gasteiger partial charge on any atom is -0.378 e. The number of ketones is 1. The first-order chi connectivity index (χ1) is 17.9. The highest BCUT2D eigenvalue weighted by Crippen LogP contribution is 2.31. The summed E-state index contributed by atoms with van der Waals surface area (Å²) in [5.74, 6) is -0.125. The van der Waals surface area contributed by atoms with Crippen LogP contribution >= 0.6 is 0 Å². The van der Waals surface area contributed by atoms with Gasteiger partial charge in [0.15, 0.2) is 5.78 Å². The number of Topliss-reactive ketones (excluding diaryl/α,β-unsaturated/α-hetero) is 1. The molecule has 8 nitrogen and oxygen atoms in total. The summed E-state index contributed by atoms with van der Waals surface area (Å²) in [6.45, 7) is 10.2. The summed E-state index contributed by atoms with van der Waals surface area (Å²) in [6.07, 6.45) is 1.77. The van der Waals surface area contributed by atoms with Crippen molar-refractivity contribution in [2.24, 2.45) is 0 Å². The van der Waals surface area contributed by atoms with Crippen molar-refractivity contribution in [2.75, 3.05) is 43.1 Å². The third-order valence-corrected chi connectivity index (χ3v) is 7.44. The van der Waals surface area contributed by atoms with E-state index in [4.69, 9.17) is 4.74 Å². The molecule has 2 aliphatic heterocycles. The van der Waals surface area contributed by atoms with Gasteiger partial charge in [0.2, 0.25) is 5.91 Å². The number of fused-ring (bicyclic) bond motifs is 1. The average Bonchev–Trinajstić information content (AvgIpc) is 3.22. The predicted molar refractivity (Wildman–Crippen MR) is 143 cm³/mol. The smallest absolute Gasteiger partial charge is 0.255 e. The summed E-state index contributed by atoms with van der Waals surface area (Å²) in [5, 5.41) is 6.15. The lowest BCUT2D eigenvalue weighted by Gasteiger charge is -2.30. The van der Waals surface area contributed by atoms with Gasteiger partial charge in [-0.05, 0) is 60.7 Å². The highest BCUT2D eigenvalue weighted by molar-refractivity contribution is 6.02. The fraction of sp³-hybridized carbons (Fsp3) is 0.414. The standard InChI is InChI=1S/C29H34N4O4/c1-19-3-7-26(27(34)13-19)33-18-22-15-21(4-6-24(22)29(33)36)16-31-28(35)17-30-23-5-8-25(20(2)14-23)32-9-11-37-12-10-32/h4-6,8,14-15,26,30H,1,3,7,9-13,16-18H2,2H3,(H,31,35). The van der Waals surface area contributed by atoms with Gasteiger partial charge in [-0.2, -0.15) is 0 Å². The number of hydrogen-bond donors (Lipinski definition) is 2. The lowest BCUT2D eigenvalue weighted by Crippen LogP contribution is -2.43. The summed E-state index contributed by atoms with van der Waals surface area (Å²) in [6, 6.07) is 11.4. The van der Waals surface area contributed by atoms with Gasteiger partial charge in [0, 0.05) is 49.5 Å². The molecule has 2 fully saturated rings. The van der Waals surface area contributed by atoms with E-state index < -0.39 is 0 Å². The van der Waals surface area contributed by atoms with Gasteiger partial charge in [-0.15, -0.1) is 0 Å². The molecule has 2 heterocycles. The minimum absolute atomic E-state index is 0.0725. The lowest BCUT2D eigenvalue weighted by atomic mass is 9.90. The molecule has 3 aliphatic rings. The molecular weight excluding hydrogens is 468 g/mol. The van der Waals surface area contributed by atoms with Crippen molar-refractivity contribution in [3.05, 3.63) is 70.8 Å². The van der Waals surface area contributed by atoms with Crippen LogP contribution in [0.1, 0.15) is 46.3 Å². The molecule has 2 aromatic carbocycles. The first kappa shape index (κ1) is 25.0. The average molecular weight is 503 g/mol. The van der Waals surface area contributed by atoms with E-state index in [1.54, 1.807) is 4.90 Å². The number of ether oxygens (including phenoxy) is 1. The van der Waals surface area contributed by atoms with Crippen molar-refractivity contribution < 1.29 is 19.1 Å². The number of rotatable bonds is 7. The van der Waals surface area contributed by atoms with E-state index >= 15 is 0 Å². The van der Waals surface area contributed by atoms with Gasteiger partial charge in [0.25, 0.3) is 5.91 Å². The van der Waals surface area contributed by atoms with Gasteiger partial charge in [0.05, 0.1) is 25.8 Å². The topological polar surface area (TPSA) is 91.0 Å². The molecule has 0 spiro atoms. The molecule has 1 unspecified atom stereocenters. The highest BCUT2D eigenvalue weighted by Gasteiger charge is 2.37. The van der Waals surface area contributed by atoms with Crippen LogP contribution in [0.25, 0.3) is 0 Å². The monoisotopic (exact) mass is 502 g/mol. The molecule has 1 atom stereocenters. The van der Waals surface area contributed by atoms with Crippen molar-refractivity contribution in [1.29, 1.82) is 0 Å². The number of amides is 2. The quantitative estimate of drug-likeness (QED) is 0.565. The lowest BCUT2D eigenvalue weighted by molar-refractivity contribution is -0.124. The molecule has 5 rings (SSSR count). The Morgan fingerprint density at radius 1 is 1.14 bits per heavy atom. The largest absolute Gasteiger partial charge is 0.378 e. The zero-order chi connectivity index (χ0) is 25.9. The molecule has 1 saturated heterocycles. The van der Waals surface area contributed by atoms with Crippen LogP contribution in [-0.2, 0) is 27.4 Å². The van der Waals surface area contributed by atoms with Crippen molar-refractivity contribution in [3.8, 4) is 0 Å². The molecule has 0 aromatic heterocycles. The Hall–Kier alpha value is -3.65. The number of hydrogen-bond acceptors (Lipinski definition) is 6. The van der Waals surface area contributed by atoms with Crippen LogP contribution in [0.4, 0.5) is 11.4 Å². The fourth-order valence-electron chi connectivity index (χ4n) is 5.41. The molecule has 0 bridgehead atoms. The molecule has 2 amide bonds. The molecule has 2 aromatic rings. The van der Waals surface area contributed by atoms with Crippen LogP contribution < -0.4 is 15.5 Å². The van der Waals surface area contributed by atoms with Crippen molar-refractivity contribution in [2.45, 2.75) is 45.3 Å². The Bertz CT molecular complexity index is 1230. The van der Waals surface area contributed by atoms with Crippen molar-refractivity contribution >= 4 is 29.0 Å². The summed E-state index contributed by atoms with van der Waals surface area (Å²) >= 11 is 0. The normalized spacial score (nSPS) is 19.7. The fourth-order valence-corrected chi connectivity index (χ4v) is 5.41. The van der Waals surface area contributed by atoms with Crippen molar-refractivity contribution in [3.63, 3.8) is 0 Å². The molecule has 2 N–H and O–H groups in total. The van der Waals surface area contributed by atoms with Crippen LogP contribution in [0, 0.1) is 6.92 Å². The van der Waals surface area contributed by atoms with Gasteiger partial charge in [-0.3, -0.25) is 14.4 Å². The van der Waals surface area contributed by atoms with Gasteiger partial charge in [-0.25, -0.2) is 0 Å². The Morgan fingerprint density at radius 2 is 1.95 bits per heavy atom.